The van der Waals surface area contributed by atoms with Crippen molar-refractivity contribution in [1.29, 1.82) is 0 Å². The molecule has 9 heteroatoms. The summed E-state index contributed by atoms with van der Waals surface area (Å²) in [5.74, 6) is -1.65. The molecule has 2 rings (SSSR count). The van der Waals surface area contributed by atoms with Crippen LogP contribution in [-0.4, -0.2) is 61.3 Å². The van der Waals surface area contributed by atoms with E-state index >= 15 is 0 Å². The molecule has 0 aromatic heterocycles. The highest BCUT2D eigenvalue weighted by atomic mass is 35.5. The first-order valence-corrected chi connectivity index (χ1v) is 8.74. The number of carbonyl (C=O) groups is 2. The van der Waals surface area contributed by atoms with Crippen LogP contribution in [0.3, 0.4) is 0 Å². The number of halogens is 1. The Kier molecular flexibility index (Phi) is 4.98. The summed E-state index contributed by atoms with van der Waals surface area (Å²) in [5, 5.41) is 9.26. The molecular formula is C14H17ClN2O5S. The Balaban J connectivity index is 2.43. The molecule has 1 heterocycles. The SMILES string of the molecule is CN(C)S(=O)(=O)c1ccc(Cl)c(C(=O)N2CCC[C@@H]2C(=O)O)c1. The van der Waals surface area contributed by atoms with E-state index in [1.54, 1.807) is 0 Å². The van der Waals surface area contributed by atoms with Crippen molar-refractivity contribution < 1.29 is 23.1 Å². The zero-order valence-corrected chi connectivity index (χ0v) is 14.3. The molecule has 23 heavy (non-hydrogen) atoms. The van der Waals surface area contributed by atoms with Crippen LogP contribution in [0.15, 0.2) is 23.1 Å². The van der Waals surface area contributed by atoms with E-state index in [1.807, 2.05) is 0 Å². The molecule has 1 fully saturated rings. The number of carboxylic acids is 1. The number of nitrogens with zero attached hydrogens (tertiary/aromatic N) is 2. The van der Waals surface area contributed by atoms with Crippen molar-refractivity contribution in [3.05, 3.63) is 28.8 Å². The maximum absolute atomic E-state index is 12.6. The minimum Gasteiger partial charge on any atom is -0.480 e. The molecule has 126 valence electrons. The van der Waals surface area contributed by atoms with E-state index in [0.717, 1.165) is 4.31 Å². The van der Waals surface area contributed by atoms with E-state index in [9.17, 15) is 23.1 Å². The van der Waals surface area contributed by atoms with E-state index < -0.39 is 27.9 Å². The van der Waals surface area contributed by atoms with Gasteiger partial charge in [-0.1, -0.05) is 11.6 Å². The van der Waals surface area contributed by atoms with E-state index in [4.69, 9.17) is 11.6 Å². The van der Waals surface area contributed by atoms with Crippen LogP contribution in [0.1, 0.15) is 23.2 Å². The Labute approximate surface area is 139 Å². The lowest BCUT2D eigenvalue weighted by Gasteiger charge is -2.22. The number of rotatable bonds is 4. The third kappa shape index (κ3) is 3.34. The molecule has 0 saturated carbocycles. The minimum absolute atomic E-state index is 0.0114. The number of aliphatic carboxylic acids is 1. The largest absolute Gasteiger partial charge is 0.480 e. The van der Waals surface area contributed by atoms with E-state index in [-0.39, 0.29) is 15.5 Å². The summed E-state index contributed by atoms with van der Waals surface area (Å²) in [6, 6.07) is 2.93. The number of carbonyl (C=O) groups excluding carboxylic acids is 1. The average Bonchev–Trinajstić information content (AvgIpc) is 2.96. The first kappa shape index (κ1) is 17.7. The summed E-state index contributed by atoms with van der Waals surface area (Å²) >= 11 is 6.02. The quantitative estimate of drug-likeness (QED) is 0.872. The number of amides is 1. The first-order valence-electron chi connectivity index (χ1n) is 6.92. The van der Waals surface area contributed by atoms with Crippen LogP contribution in [0.25, 0.3) is 0 Å². The van der Waals surface area contributed by atoms with Gasteiger partial charge < -0.3 is 10.0 Å². The van der Waals surface area contributed by atoms with E-state index in [0.29, 0.717) is 19.4 Å². The fourth-order valence-corrected chi connectivity index (χ4v) is 3.59. The van der Waals surface area contributed by atoms with Crippen molar-refractivity contribution in [3.63, 3.8) is 0 Å². The highest BCUT2D eigenvalue weighted by Gasteiger charge is 2.35. The van der Waals surface area contributed by atoms with Gasteiger partial charge in [0, 0.05) is 20.6 Å². The number of benzene rings is 1. The Morgan fingerprint density at radius 2 is 2.00 bits per heavy atom. The summed E-state index contributed by atoms with van der Waals surface area (Å²) in [5.41, 5.74) is -0.0114. The lowest BCUT2D eigenvalue weighted by atomic mass is 10.1. The second-order valence-electron chi connectivity index (χ2n) is 5.42. The molecular weight excluding hydrogens is 344 g/mol. The number of likely N-dealkylation sites (tertiary alicyclic amines) is 1. The normalized spacial score (nSPS) is 18.4. The van der Waals surface area contributed by atoms with Gasteiger partial charge in [0.15, 0.2) is 0 Å². The Bertz CT molecular complexity index is 748. The molecule has 1 saturated heterocycles. The van der Waals surface area contributed by atoms with Gasteiger partial charge in [0.25, 0.3) is 5.91 Å². The molecule has 1 amide bonds. The lowest BCUT2D eigenvalue weighted by Crippen LogP contribution is -2.40. The van der Waals surface area contributed by atoms with Gasteiger partial charge in [-0.3, -0.25) is 4.79 Å². The summed E-state index contributed by atoms with van der Waals surface area (Å²) < 4.78 is 25.4. The summed E-state index contributed by atoms with van der Waals surface area (Å²) in [7, 11) is -0.953. The molecule has 0 unspecified atom stereocenters. The van der Waals surface area contributed by atoms with Crippen molar-refractivity contribution in [2.45, 2.75) is 23.8 Å². The molecule has 0 spiro atoms. The van der Waals surface area contributed by atoms with Crippen molar-refractivity contribution >= 4 is 33.5 Å². The monoisotopic (exact) mass is 360 g/mol. The van der Waals surface area contributed by atoms with Crippen LogP contribution in [-0.2, 0) is 14.8 Å². The van der Waals surface area contributed by atoms with E-state index in [2.05, 4.69) is 0 Å². The number of hydrogen-bond acceptors (Lipinski definition) is 4. The zero-order chi connectivity index (χ0) is 17.4. The molecule has 0 aliphatic carbocycles. The number of sulfonamides is 1. The molecule has 1 N–H and O–H groups in total. The van der Waals surface area contributed by atoms with Crippen molar-refractivity contribution in [2.75, 3.05) is 20.6 Å². The van der Waals surface area contributed by atoms with Crippen molar-refractivity contribution in [1.82, 2.24) is 9.21 Å². The van der Waals surface area contributed by atoms with Gasteiger partial charge in [-0.05, 0) is 31.0 Å². The smallest absolute Gasteiger partial charge is 0.326 e. The summed E-state index contributed by atoms with van der Waals surface area (Å²) in [6.07, 6.45) is 0.949. The van der Waals surface area contributed by atoms with Crippen LogP contribution in [0.4, 0.5) is 0 Å². The van der Waals surface area contributed by atoms with Crippen LogP contribution in [0.5, 0.6) is 0 Å². The van der Waals surface area contributed by atoms with Gasteiger partial charge >= 0.3 is 5.97 Å². The van der Waals surface area contributed by atoms with E-state index in [1.165, 1.54) is 37.2 Å². The third-order valence-corrected chi connectivity index (χ3v) is 5.89. The van der Waals surface area contributed by atoms with Gasteiger partial charge in [0.2, 0.25) is 10.0 Å². The maximum Gasteiger partial charge on any atom is 0.326 e. The lowest BCUT2D eigenvalue weighted by molar-refractivity contribution is -0.141. The summed E-state index contributed by atoms with van der Waals surface area (Å²) in [4.78, 5) is 25.0. The third-order valence-electron chi connectivity index (χ3n) is 3.75. The van der Waals surface area contributed by atoms with Crippen LogP contribution >= 0.6 is 11.6 Å². The first-order chi connectivity index (χ1) is 10.7. The van der Waals surface area contributed by atoms with Crippen LogP contribution < -0.4 is 0 Å². The Morgan fingerprint density at radius 3 is 2.57 bits per heavy atom. The Hall–Kier alpha value is -1.64. The Morgan fingerprint density at radius 1 is 1.35 bits per heavy atom. The van der Waals surface area contributed by atoms with Gasteiger partial charge in [-0.2, -0.15) is 0 Å². The van der Waals surface area contributed by atoms with Crippen LogP contribution in [0, 0.1) is 0 Å². The minimum atomic E-state index is -3.72. The predicted octanol–water partition coefficient (Wildman–Crippen LogP) is 1.28. The zero-order valence-electron chi connectivity index (χ0n) is 12.7. The standard InChI is InChI=1S/C14H17ClN2O5S/c1-16(2)23(21,22)9-5-6-11(15)10(8-9)13(18)17-7-3-4-12(17)14(19)20/h5-6,8,12H,3-4,7H2,1-2H3,(H,19,20)/t12-/m1/s1. The summed E-state index contributed by atoms with van der Waals surface area (Å²) in [6.45, 7) is 0.302. The topological polar surface area (TPSA) is 95.0 Å². The molecule has 1 aromatic carbocycles. The fourth-order valence-electron chi connectivity index (χ4n) is 2.46. The number of hydrogen-bond donors (Lipinski definition) is 1. The molecule has 0 bridgehead atoms. The average molecular weight is 361 g/mol. The van der Waals surface area contributed by atoms with Crippen LogP contribution in [0.2, 0.25) is 5.02 Å². The molecule has 1 aliphatic rings. The van der Waals surface area contributed by atoms with Gasteiger partial charge in [0.1, 0.15) is 6.04 Å². The fraction of sp³-hybridized carbons (Fsp3) is 0.429. The molecule has 1 aromatic rings. The molecule has 0 radical (unpaired) electrons. The highest BCUT2D eigenvalue weighted by molar-refractivity contribution is 7.89. The molecule has 1 atom stereocenters. The maximum atomic E-state index is 12.6. The molecule has 1 aliphatic heterocycles. The van der Waals surface area contributed by atoms with Gasteiger partial charge in [0.05, 0.1) is 15.5 Å². The molecule has 7 nitrogen and oxygen atoms in total. The predicted molar refractivity (Wildman–Crippen MR) is 84.0 cm³/mol. The van der Waals surface area contributed by atoms with Gasteiger partial charge in [-0.15, -0.1) is 0 Å². The van der Waals surface area contributed by atoms with Crippen molar-refractivity contribution in [2.24, 2.45) is 0 Å². The second-order valence-corrected chi connectivity index (χ2v) is 7.98. The van der Waals surface area contributed by atoms with Crippen molar-refractivity contribution in [3.8, 4) is 0 Å². The second kappa shape index (κ2) is 6.46. The van der Waals surface area contributed by atoms with Gasteiger partial charge in [-0.25, -0.2) is 17.5 Å². The highest BCUT2D eigenvalue weighted by Crippen LogP contribution is 2.27. The number of carboxylic acid groups (broad SMARTS) is 1.